The molecule has 0 spiro atoms. The van der Waals surface area contributed by atoms with Gasteiger partial charge in [0.15, 0.2) is 12.5 Å². The standard InChI is InChI=1S/C10H8Cl3NO3/c11-10(12,13)9(16)14-7-5-3-1-2-4-6(5)8(15)17-7/h1-4,7-8,15H,(H,14,16). The van der Waals surface area contributed by atoms with Gasteiger partial charge in [0.2, 0.25) is 0 Å². The zero-order chi connectivity index (χ0) is 12.6. The molecule has 2 rings (SSSR count). The number of alkyl halides is 3. The number of halogens is 3. The quantitative estimate of drug-likeness (QED) is 0.781. The van der Waals surface area contributed by atoms with Crippen molar-refractivity contribution in [2.75, 3.05) is 0 Å². The van der Waals surface area contributed by atoms with Gasteiger partial charge in [-0.05, 0) is 0 Å². The largest absolute Gasteiger partial charge is 0.364 e. The van der Waals surface area contributed by atoms with Crippen molar-refractivity contribution in [2.45, 2.75) is 16.3 Å². The third-order valence-corrected chi connectivity index (χ3v) is 2.84. The van der Waals surface area contributed by atoms with Crippen molar-refractivity contribution in [3.8, 4) is 0 Å². The summed E-state index contributed by atoms with van der Waals surface area (Å²) in [6.45, 7) is 0. The Labute approximate surface area is 112 Å². The zero-order valence-electron chi connectivity index (χ0n) is 8.36. The van der Waals surface area contributed by atoms with Crippen LogP contribution in [0.3, 0.4) is 0 Å². The first-order valence-corrected chi connectivity index (χ1v) is 5.83. The van der Waals surface area contributed by atoms with Crippen molar-refractivity contribution < 1.29 is 14.6 Å². The molecule has 1 aromatic carbocycles. The van der Waals surface area contributed by atoms with Gasteiger partial charge in [0.25, 0.3) is 9.70 Å². The van der Waals surface area contributed by atoms with Crippen LogP contribution in [0.15, 0.2) is 24.3 Å². The van der Waals surface area contributed by atoms with Gasteiger partial charge in [-0.1, -0.05) is 59.1 Å². The van der Waals surface area contributed by atoms with Crippen molar-refractivity contribution >= 4 is 40.7 Å². The molecule has 0 saturated heterocycles. The second-order valence-corrected chi connectivity index (χ2v) is 5.75. The minimum Gasteiger partial charge on any atom is -0.364 e. The molecule has 0 aliphatic carbocycles. The molecule has 0 saturated carbocycles. The number of aliphatic hydroxyl groups excluding tert-OH is 1. The summed E-state index contributed by atoms with van der Waals surface area (Å²) in [5, 5.41) is 12.0. The Bertz CT molecular complexity index is 447. The van der Waals surface area contributed by atoms with Gasteiger partial charge in [0.1, 0.15) is 0 Å². The van der Waals surface area contributed by atoms with E-state index >= 15 is 0 Å². The molecule has 2 atom stereocenters. The van der Waals surface area contributed by atoms with Gasteiger partial charge in [0, 0.05) is 11.1 Å². The van der Waals surface area contributed by atoms with Crippen LogP contribution in [-0.2, 0) is 9.53 Å². The first kappa shape index (κ1) is 12.9. The van der Waals surface area contributed by atoms with Gasteiger partial charge in [0.05, 0.1) is 0 Å². The van der Waals surface area contributed by atoms with E-state index in [1.807, 2.05) is 0 Å². The molecule has 2 N–H and O–H groups in total. The molecule has 1 aliphatic rings. The van der Waals surface area contributed by atoms with Crippen LogP contribution in [0.2, 0.25) is 0 Å². The van der Waals surface area contributed by atoms with E-state index in [1.165, 1.54) is 0 Å². The smallest absolute Gasteiger partial charge is 0.274 e. The van der Waals surface area contributed by atoms with E-state index in [9.17, 15) is 9.90 Å². The van der Waals surface area contributed by atoms with Crippen LogP contribution < -0.4 is 5.32 Å². The molecule has 1 heterocycles. The van der Waals surface area contributed by atoms with E-state index in [4.69, 9.17) is 39.5 Å². The van der Waals surface area contributed by atoms with Gasteiger partial charge in [-0.25, -0.2) is 0 Å². The molecule has 1 aromatic rings. The minimum absolute atomic E-state index is 0.585. The summed E-state index contributed by atoms with van der Waals surface area (Å²) in [5.41, 5.74) is 1.23. The van der Waals surface area contributed by atoms with Gasteiger partial charge in [-0.2, -0.15) is 0 Å². The molecular weight excluding hydrogens is 288 g/mol. The highest BCUT2D eigenvalue weighted by Gasteiger charge is 2.37. The van der Waals surface area contributed by atoms with Gasteiger partial charge < -0.3 is 15.2 Å². The molecule has 0 fully saturated rings. The fourth-order valence-corrected chi connectivity index (χ4v) is 1.73. The molecule has 92 valence electrons. The lowest BCUT2D eigenvalue weighted by Crippen LogP contribution is -2.37. The summed E-state index contributed by atoms with van der Waals surface area (Å²) in [6.07, 6.45) is -1.91. The van der Waals surface area contributed by atoms with Crippen LogP contribution >= 0.6 is 34.8 Å². The number of hydrogen-bond donors (Lipinski definition) is 2. The molecule has 0 radical (unpaired) electrons. The average molecular weight is 297 g/mol. The Morgan fingerprint density at radius 1 is 1.29 bits per heavy atom. The number of hydrogen-bond acceptors (Lipinski definition) is 3. The number of benzene rings is 1. The molecule has 0 bridgehead atoms. The highest BCUT2D eigenvalue weighted by Crippen LogP contribution is 2.36. The van der Waals surface area contributed by atoms with Gasteiger partial charge in [-0.15, -0.1) is 0 Å². The lowest BCUT2D eigenvalue weighted by molar-refractivity contribution is -0.143. The number of ether oxygens (including phenoxy) is 1. The Hall–Kier alpha value is -0.520. The third-order valence-electron chi connectivity index (χ3n) is 2.33. The molecule has 4 nitrogen and oxygen atoms in total. The normalized spacial score (nSPS) is 23.3. The maximum absolute atomic E-state index is 11.5. The van der Waals surface area contributed by atoms with Crippen molar-refractivity contribution in [1.82, 2.24) is 5.32 Å². The van der Waals surface area contributed by atoms with Crippen molar-refractivity contribution in [1.29, 1.82) is 0 Å². The molecular formula is C10H8Cl3NO3. The molecule has 2 unspecified atom stereocenters. The maximum Gasteiger partial charge on any atom is 0.274 e. The predicted octanol–water partition coefficient (Wildman–Crippen LogP) is 2.19. The minimum atomic E-state index is -2.06. The Balaban J connectivity index is 2.18. The Morgan fingerprint density at radius 2 is 1.88 bits per heavy atom. The summed E-state index contributed by atoms with van der Waals surface area (Å²) in [6, 6.07) is 6.93. The van der Waals surface area contributed by atoms with Gasteiger partial charge >= 0.3 is 0 Å². The number of amides is 1. The molecule has 1 aliphatic heterocycles. The average Bonchev–Trinajstić information content (AvgIpc) is 2.56. The number of rotatable bonds is 1. The van der Waals surface area contributed by atoms with E-state index in [0.29, 0.717) is 11.1 Å². The third kappa shape index (κ3) is 2.67. The molecule has 0 aromatic heterocycles. The Kier molecular flexibility index (Phi) is 3.52. The predicted molar refractivity (Wildman–Crippen MR) is 63.7 cm³/mol. The number of fused-ring (bicyclic) bond motifs is 1. The van der Waals surface area contributed by atoms with Crippen LogP contribution in [0.5, 0.6) is 0 Å². The van der Waals surface area contributed by atoms with Crippen molar-refractivity contribution in [3.63, 3.8) is 0 Å². The number of carbonyl (C=O) groups is 1. The summed E-state index contributed by atoms with van der Waals surface area (Å²) >= 11 is 16.3. The number of aliphatic hydroxyl groups is 1. The molecule has 1 amide bonds. The fourth-order valence-electron chi connectivity index (χ4n) is 1.56. The summed E-state index contributed by atoms with van der Waals surface area (Å²) in [5.74, 6) is -0.809. The van der Waals surface area contributed by atoms with E-state index in [2.05, 4.69) is 5.32 Å². The topological polar surface area (TPSA) is 58.6 Å². The van der Waals surface area contributed by atoms with E-state index in [0.717, 1.165) is 0 Å². The monoisotopic (exact) mass is 295 g/mol. The first-order valence-electron chi connectivity index (χ1n) is 4.69. The SMILES string of the molecule is O=C(NC1OC(O)c2ccccc21)C(Cl)(Cl)Cl. The summed E-state index contributed by atoms with van der Waals surface area (Å²) in [7, 11) is 0. The van der Waals surface area contributed by atoms with Crippen LogP contribution in [0.4, 0.5) is 0 Å². The van der Waals surface area contributed by atoms with Gasteiger partial charge in [-0.3, -0.25) is 4.79 Å². The van der Waals surface area contributed by atoms with E-state index < -0.39 is 22.2 Å². The van der Waals surface area contributed by atoms with Crippen LogP contribution in [0.1, 0.15) is 23.6 Å². The van der Waals surface area contributed by atoms with Crippen LogP contribution in [-0.4, -0.2) is 14.8 Å². The first-order chi connectivity index (χ1) is 7.89. The van der Waals surface area contributed by atoms with Crippen molar-refractivity contribution in [2.24, 2.45) is 0 Å². The fraction of sp³-hybridized carbons (Fsp3) is 0.300. The van der Waals surface area contributed by atoms with Crippen LogP contribution in [0.25, 0.3) is 0 Å². The number of nitrogens with one attached hydrogen (secondary N) is 1. The van der Waals surface area contributed by atoms with E-state index in [-0.39, 0.29) is 0 Å². The zero-order valence-corrected chi connectivity index (χ0v) is 10.6. The Morgan fingerprint density at radius 3 is 2.47 bits per heavy atom. The van der Waals surface area contributed by atoms with E-state index in [1.54, 1.807) is 24.3 Å². The lowest BCUT2D eigenvalue weighted by Gasteiger charge is -2.17. The molecule has 7 heteroatoms. The summed E-state index contributed by atoms with van der Waals surface area (Å²) in [4.78, 5) is 11.5. The van der Waals surface area contributed by atoms with Crippen LogP contribution in [0, 0.1) is 0 Å². The van der Waals surface area contributed by atoms with Crippen molar-refractivity contribution in [3.05, 3.63) is 35.4 Å². The maximum atomic E-state index is 11.5. The number of carbonyl (C=O) groups excluding carboxylic acids is 1. The lowest BCUT2D eigenvalue weighted by atomic mass is 10.1. The second kappa shape index (κ2) is 4.63. The molecule has 17 heavy (non-hydrogen) atoms. The highest BCUT2D eigenvalue weighted by atomic mass is 35.6. The summed E-state index contributed by atoms with van der Waals surface area (Å²) < 4.78 is 3.08. The second-order valence-electron chi connectivity index (χ2n) is 3.47. The highest BCUT2D eigenvalue weighted by molar-refractivity contribution is 6.76.